The molecule has 0 saturated carbocycles. The van der Waals surface area contributed by atoms with E-state index < -0.39 is 5.97 Å². The summed E-state index contributed by atoms with van der Waals surface area (Å²) in [5, 5.41) is 18.9. The van der Waals surface area contributed by atoms with Crippen molar-refractivity contribution in [2.24, 2.45) is 10.7 Å². The lowest BCUT2D eigenvalue weighted by Crippen LogP contribution is -2.51. The van der Waals surface area contributed by atoms with Crippen molar-refractivity contribution in [3.8, 4) is 6.07 Å². The summed E-state index contributed by atoms with van der Waals surface area (Å²) in [7, 11) is 0. The smallest absolute Gasteiger partial charge is 0.345 e. The van der Waals surface area contributed by atoms with Gasteiger partial charge in [-0.05, 0) is 30.5 Å². The van der Waals surface area contributed by atoms with Crippen molar-refractivity contribution < 1.29 is 14.7 Å². The first-order valence-electron chi connectivity index (χ1n) is 9.49. The van der Waals surface area contributed by atoms with E-state index in [4.69, 9.17) is 10.7 Å². The summed E-state index contributed by atoms with van der Waals surface area (Å²) < 4.78 is 0. The van der Waals surface area contributed by atoms with Gasteiger partial charge in [-0.15, -0.1) is 11.3 Å². The number of benzene rings is 1. The van der Waals surface area contributed by atoms with Crippen LogP contribution in [-0.2, 0) is 11.3 Å². The minimum atomic E-state index is -1.07. The lowest BCUT2D eigenvalue weighted by Gasteiger charge is -2.40. The molecule has 8 nitrogen and oxygen atoms in total. The summed E-state index contributed by atoms with van der Waals surface area (Å²) in [6.45, 7) is 1.53. The molecule has 1 aromatic heterocycles. The van der Waals surface area contributed by atoms with Gasteiger partial charge in [0.2, 0.25) is 5.96 Å². The van der Waals surface area contributed by atoms with Crippen LogP contribution >= 0.6 is 11.3 Å². The number of hydrogen-bond donors (Lipinski definition) is 2. The van der Waals surface area contributed by atoms with Crippen LogP contribution in [0.3, 0.4) is 0 Å². The molecule has 1 atom stereocenters. The third-order valence-electron chi connectivity index (χ3n) is 5.17. The zero-order valence-corrected chi connectivity index (χ0v) is 16.9. The molecule has 0 spiro atoms. The fourth-order valence-electron chi connectivity index (χ4n) is 3.75. The first kappa shape index (κ1) is 19.9. The van der Waals surface area contributed by atoms with Crippen LogP contribution in [0.2, 0.25) is 0 Å². The van der Waals surface area contributed by atoms with Crippen LogP contribution in [0.5, 0.6) is 0 Å². The Labute approximate surface area is 177 Å². The Balaban J connectivity index is 1.83. The second kappa shape index (κ2) is 8.13. The van der Waals surface area contributed by atoms with Gasteiger partial charge in [0.15, 0.2) is 5.94 Å². The number of aliphatic imine (C=N–C) groups is 1. The van der Waals surface area contributed by atoms with E-state index in [9.17, 15) is 20.0 Å². The molecule has 0 bridgehead atoms. The van der Waals surface area contributed by atoms with E-state index in [1.807, 2.05) is 23.0 Å². The Kier molecular flexibility index (Phi) is 5.38. The maximum absolute atomic E-state index is 12.0. The highest BCUT2D eigenvalue weighted by molar-refractivity contribution is 7.15. The van der Waals surface area contributed by atoms with Gasteiger partial charge in [-0.1, -0.05) is 18.2 Å². The summed E-state index contributed by atoms with van der Waals surface area (Å²) in [4.78, 5) is 32.5. The normalized spacial score (nSPS) is 18.3. The van der Waals surface area contributed by atoms with Crippen LogP contribution < -0.4 is 5.73 Å². The molecule has 2 aliphatic rings. The fraction of sp³-hybridized carbons (Fsp3) is 0.286. The maximum atomic E-state index is 12.0. The summed E-state index contributed by atoms with van der Waals surface area (Å²) >= 11 is 0.994. The predicted octanol–water partition coefficient (Wildman–Crippen LogP) is 2.42. The van der Waals surface area contributed by atoms with Crippen LogP contribution in [0.15, 0.2) is 35.3 Å². The summed E-state index contributed by atoms with van der Waals surface area (Å²) in [6, 6.07) is 10.8. The van der Waals surface area contributed by atoms with Gasteiger partial charge in [0.1, 0.15) is 10.6 Å². The fourth-order valence-corrected chi connectivity index (χ4v) is 4.69. The quantitative estimate of drug-likeness (QED) is 0.730. The molecule has 30 heavy (non-hydrogen) atoms. The van der Waals surface area contributed by atoms with Crippen molar-refractivity contribution in [2.45, 2.75) is 25.4 Å². The number of fused-ring (bicyclic) bond motifs is 1. The van der Waals surface area contributed by atoms with Crippen molar-refractivity contribution in [3.05, 3.63) is 51.2 Å². The minimum Gasteiger partial charge on any atom is -0.477 e. The van der Waals surface area contributed by atoms with E-state index in [2.05, 4.69) is 6.07 Å². The number of carboxylic acid groups (broad SMARTS) is 1. The largest absolute Gasteiger partial charge is 0.477 e. The number of likely N-dealkylation sites (tertiary alicyclic amines) is 1. The minimum absolute atomic E-state index is 0.0168. The van der Waals surface area contributed by atoms with E-state index >= 15 is 0 Å². The predicted molar refractivity (Wildman–Crippen MR) is 113 cm³/mol. The molecule has 3 N–H and O–H groups in total. The molecular weight excluding hydrogens is 402 g/mol. The Morgan fingerprint density at radius 2 is 2.20 bits per heavy atom. The molecule has 152 valence electrons. The SMILES string of the molecule is N#Cc1ccccc1CN1C(=C=O)c2sc(C(=O)O)cc2N=C1N1CCC[C@@H](N)C1. The van der Waals surface area contributed by atoms with Gasteiger partial charge in [0.05, 0.1) is 28.7 Å². The number of nitriles is 1. The van der Waals surface area contributed by atoms with Crippen molar-refractivity contribution in [1.29, 1.82) is 5.26 Å². The Morgan fingerprint density at radius 3 is 2.90 bits per heavy atom. The molecule has 0 radical (unpaired) electrons. The van der Waals surface area contributed by atoms with E-state index in [0.29, 0.717) is 28.6 Å². The van der Waals surface area contributed by atoms with Gasteiger partial charge in [-0.3, -0.25) is 4.90 Å². The number of thiophene rings is 1. The molecule has 3 heterocycles. The summed E-state index contributed by atoms with van der Waals surface area (Å²) in [6.07, 6.45) is 1.80. The van der Waals surface area contributed by atoms with Crippen molar-refractivity contribution in [3.63, 3.8) is 0 Å². The number of carbonyl (C=O) groups is 1. The third-order valence-corrected chi connectivity index (χ3v) is 6.29. The molecular formula is C21H19N5O3S. The Morgan fingerprint density at radius 1 is 1.40 bits per heavy atom. The molecule has 9 heteroatoms. The highest BCUT2D eigenvalue weighted by Gasteiger charge is 2.34. The molecule has 2 aliphatic heterocycles. The van der Waals surface area contributed by atoms with E-state index in [1.165, 1.54) is 6.07 Å². The van der Waals surface area contributed by atoms with Gasteiger partial charge < -0.3 is 15.7 Å². The number of aromatic carboxylic acids is 1. The van der Waals surface area contributed by atoms with Crippen molar-refractivity contribution >= 4 is 40.6 Å². The highest BCUT2D eigenvalue weighted by Crippen LogP contribution is 2.41. The first-order valence-corrected chi connectivity index (χ1v) is 10.3. The zero-order valence-electron chi connectivity index (χ0n) is 16.0. The van der Waals surface area contributed by atoms with Gasteiger partial charge in [-0.25, -0.2) is 14.6 Å². The second-order valence-corrected chi connectivity index (χ2v) is 8.25. The monoisotopic (exact) mass is 421 g/mol. The third kappa shape index (κ3) is 3.60. The average Bonchev–Trinajstić information content (AvgIpc) is 3.18. The highest BCUT2D eigenvalue weighted by atomic mass is 32.1. The van der Waals surface area contributed by atoms with Gasteiger partial charge in [0.25, 0.3) is 0 Å². The number of rotatable bonds is 3. The van der Waals surface area contributed by atoms with Crippen LogP contribution in [0.4, 0.5) is 5.69 Å². The number of nitrogens with two attached hydrogens (primary N) is 1. The second-order valence-electron chi connectivity index (χ2n) is 7.20. The van der Waals surface area contributed by atoms with E-state index in [-0.39, 0.29) is 23.2 Å². The topological polar surface area (TPSA) is 123 Å². The summed E-state index contributed by atoms with van der Waals surface area (Å²) in [5.41, 5.74) is 8.06. The van der Waals surface area contributed by atoms with Crippen LogP contribution in [0.25, 0.3) is 5.70 Å². The molecule has 0 unspecified atom stereocenters. The maximum Gasteiger partial charge on any atom is 0.345 e. The number of hydrogen-bond acceptors (Lipinski definition) is 8. The first-order chi connectivity index (χ1) is 14.5. The Bertz CT molecular complexity index is 1130. The zero-order chi connectivity index (χ0) is 21.3. The molecule has 4 rings (SSSR count). The number of guanidine groups is 1. The van der Waals surface area contributed by atoms with Crippen molar-refractivity contribution in [2.75, 3.05) is 13.1 Å². The standard InChI is InChI=1S/C21H19N5O3S/c22-9-13-4-1-2-5-14(13)10-26-17(12-27)19-16(8-18(30-19)20(28)29)24-21(26)25-7-3-6-15(23)11-25/h1-2,4-5,8,15H,3,6-7,10-11,23H2,(H,28,29)/t15-/m1/s1. The lowest BCUT2D eigenvalue weighted by molar-refractivity contribution is 0.0702. The van der Waals surface area contributed by atoms with Gasteiger partial charge in [0, 0.05) is 19.1 Å². The van der Waals surface area contributed by atoms with Gasteiger partial charge in [-0.2, -0.15) is 5.26 Å². The molecule has 1 aromatic carbocycles. The Hall–Kier alpha value is -3.44. The van der Waals surface area contributed by atoms with Crippen LogP contribution in [0, 0.1) is 11.3 Å². The molecule has 0 aliphatic carbocycles. The lowest BCUT2D eigenvalue weighted by atomic mass is 10.1. The van der Waals surface area contributed by atoms with E-state index in [1.54, 1.807) is 17.0 Å². The van der Waals surface area contributed by atoms with Gasteiger partial charge >= 0.3 is 5.97 Å². The number of piperidine rings is 1. The van der Waals surface area contributed by atoms with Crippen molar-refractivity contribution in [1.82, 2.24) is 9.80 Å². The van der Waals surface area contributed by atoms with E-state index in [0.717, 1.165) is 36.3 Å². The summed E-state index contributed by atoms with van der Waals surface area (Å²) in [5.74, 6) is 1.44. The molecule has 1 fully saturated rings. The molecule has 1 saturated heterocycles. The number of carbonyl (C=O) groups excluding carboxylic acids is 1. The van der Waals surface area contributed by atoms with Crippen LogP contribution in [0.1, 0.15) is 38.5 Å². The molecule has 0 amide bonds. The average molecular weight is 421 g/mol. The number of carboxylic acids is 1. The molecule has 2 aromatic rings. The van der Waals surface area contributed by atoms with Crippen LogP contribution in [-0.4, -0.2) is 51.9 Å². The number of nitrogens with zero attached hydrogens (tertiary/aromatic N) is 4.